The summed E-state index contributed by atoms with van der Waals surface area (Å²) in [5.41, 5.74) is 0.124. The van der Waals surface area contributed by atoms with Gasteiger partial charge >= 0.3 is 5.97 Å². The second-order valence-electron chi connectivity index (χ2n) is 3.75. The highest BCUT2D eigenvalue weighted by Gasteiger charge is 2.17. The highest BCUT2D eigenvalue weighted by Crippen LogP contribution is 2.36. The van der Waals surface area contributed by atoms with Gasteiger partial charge in [0.05, 0.1) is 37.1 Å². The topological polar surface area (TPSA) is 102 Å². The molecule has 112 valence electrons. The number of carbonyl (C=O) groups is 1. The number of sulfonamides is 1. The highest BCUT2D eigenvalue weighted by atomic mass is 35.5. The zero-order chi connectivity index (χ0) is 15.3. The van der Waals surface area contributed by atoms with Crippen LogP contribution in [0.2, 0.25) is 5.02 Å². The number of carboxylic acids is 1. The van der Waals surface area contributed by atoms with E-state index >= 15 is 0 Å². The van der Waals surface area contributed by atoms with Crippen LogP contribution in [0, 0.1) is 0 Å². The summed E-state index contributed by atoms with van der Waals surface area (Å²) in [7, 11) is -1.07. The monoisotopic (exact) mass is 323 g/mol. The summed E-state index contributed by atoms with van der Waals surface area (Å²) >= 11 is 5.89. The van der Waals surface area contributed by atoms with Crippen LogP contribution in [0.4, 0.5) is 5.69 Å². The molecule has 0 aliphatic heterocycles. The Labute approximate surface area is 121 Å². The molecule has 0 aliphatic rings. The number of hydrogen-bond acceptors (Lipinski definition) is 5. The molecule has 20 heavy (non-hydrogen) atoms. The normalized spacial score (nSPS) is 10.9. The van der Waals surface area contributed by atoms with Crippen molar-refractivity contribution in [3.63, 3.8) is 0 Å². The molecule has 0 saturated carbocycles. The summed E-state index contributed by atoms with van der Waals surface area (Å²) in [4.78, 5) is 10.4. The number of aliphatic carboxylic acids is 1. The molecule has 0 radical (unpaired) electrons. The molecule has 1 rings (SSSR count). The highest BCUT2D eigenvalue weighted by molar-refractivity contribution is 7.92. The van der Waals surface area contributed by atoms with Crippen molar-refractivity contribution in [2.45, 2.75) is 6.42 Å². The molecule has 1 aromatic rings. The van der Waals surface area contributed by atoms with Crippen LogP contribution < -0.4 is 14.2 Å². The van der Waals surface area contributed by atoms with Crippen LogP contribution in [0.1, 0.15) is 6.42 Å². The van der Waals surface area contributed by atoms with Crippen molar-refractivity contribution in [2.24, 2.45) is 0 Å². The van der Waals surface area contributed by atoms with E-state index in [4.69, 9.17) is 26.2 Å². The fourth-order valence-electron chi connectivity index (χ4n) is 1.38. The van der Waals surface area contributed by atoms with Crippen LogP contribution in [-0.4, -0.2) is 39.5 Å². The van der Waals surface area contributed by atoms with Gasteiger partial charge in [0.2, 0.25) is 10.0 Å². The molecule has 0 saturated heterocycles. The van der Waals surface area contributed by atoms with Crippen molar-refractivity contribution < 1.29 is 27.8 Å². The molecule has 0 atom stereocenters. The number of halogens is 1. The third-order valence-electron chi connectivity index (χ3n) is 2.32. The Hall–Kier alpha value is -1.67. The number of benzene rings is 1. The molecule has 9 heteroatoms. The Morgan fingerprint density at radius 3 is 2.40 bits per heavy atom. The largest absolute Gasteiger partial charge is 0.495 e. The molecule has 0 aromatic heterocycles. The van der Waals surface area contributed by atoms with E-state index in [1.165, 1.54) is 26.4 Å². The van der Waals surface area contributed by atoms with E-state index in [-0.39, 0.29) is 22.2 Å². The average molecular weight is 324 g/mol. The van der Waals surface area contributed by atoms with Crippen molar-refractivity contribution in [1.29, 1.82) is 0 Å². The first-order chi connectivity index (χ1) is 9.29. The molecular formula is C11H14ClNO6S. The molecule has 1 aromatic carbocycles. The maximum Gasteiger partial charge on any atom is 0.304 e. The fraction of sp³-hybridized carbons (Fsp3) is 0.364. The summed E-state index contributed by atoms with van der Waals surface area (Å²) in [5.74, 6) is -1.27. The van der Waals surface area contributed by atoms with Gasteiger partial charge < -0.3 is 14.6 Å². The molecule has 0 unspecified atom stereocenters. The lowest BCUT2D eigenvalue weighted by molar-refractivity contribution is -0.136. The Bertz CT molecular complexity index is 601. The number of anilines is 1. The van der Waals surface area contributed by atoms with E-state index in [9.17, 15) is 13.2 Å². The van der Waals surface area contributed by atoms with Crippen LogP contribution in [-0.2, 0) is 14.8 Å². The number of nitrogens with one attached hydrogen (secondary N) is 1. The quantitative estimate of drug-likeness (QED) is 0.789. The van der Waals surface area contributed by atoms with Gasteiger partial charge in [-0.25, -0.2) is 8.42 Å². The standard InChI is InChI=1S/C11H14ClNO6S/c1-18-9-6-8(10(19-2)5-7(9)12)13-20(16,17)4-3-11(14)15/h5-6,13H,3-4H2,1-2H3,(H,14,15). The van der Waals surface area contributed by atoms with Crippen LogP contribution >= 0.6 is 11.6 Å². The molecule has 0 bridgehead atoms. The Morgan fingerprint density at radius 2 is 1.90 bits per heavy atom. The number of rotatable bonds is 7. The van der Waals surface area contributed by atoms with Crippen molar-refractivity contribution in [1.82, 2.24) is 0 Å². The first-order valence-electron chi connectivity index (χ1n) is 5.43. The SMILES string of the molecule is COc1cc(NS(=O)(=O)CCC(=O)O)c(OC)cc1Cl. The van der Waals surface area contributed by atoms with Gasteiger partial charge in [-0.05, 0) is 0 Å². The van der Waals surface area contributed by atoms with E-state index < -0.39 is 28.2 Å². The maximum absolute atomic E-state index is 11.8. The summed E-state index contributed by atoms with van der Waals surface area (Å²) in [6, 6.07) is 2.76. The second-order valence-corrected chi connectivity index (χ2v) is 6.00. The van der Waals surface area contributed by atoms with Crippen molar-refractivity contribution in [3.8, 4) is 11.5 Å². The lowest BCUT2D eigenvalue weighted by atomic mass is 10.3. The van der Waals surface area contributed by atoms with Crippen molar-refractivity contribution >= 4 is 33.3 Å². The zero-order valence-electron chi connectivity index (χ0n) is 10.8. The van der Waals surface area contributed by atoms with Crippen LogP contribution in [0.5, 0.6) is 11.5 Å². The van der Waals surface area contributed by atoms with Gasteiger partial charge in [0.25, 0.3) is 0 Å². The lowest BCUT2D eigenvalue weighted by Gasteiger charge is -2.13. The van der Waals surface area contributed by atoms with Gasteiger partial charge in [0.1, 0.15) is 11.5 Å². The summed E-state index contributed by atoms with van der Waals surface area (Å²) in [6.07, 6.45) is -0.498. The van der Waals surface area contributed by atoms with E-state index in [0.717, 1.165) is 0 Å². The predicted molar refractivity (Wildman–Crippen MR) is 74.2 cm³/mol. The molecular weight excluding hydrogens is 310 g/mol. The minimum atomic E-state index is -3.81. The lowest BCUT2D eigenvalue weighted by Crippen LogP contribution is -2.19. The van der Waals surface area contributed by atoms with E-state index in [0.29, 0.717) is 0 Å². The minimum absolute atomic E-state index is 0.124. The zero-order valence-corrected chi connectivity index (χ0v) is 12.4. The first kappa shape index (κ1) is 16.4. The predicted octanol–water partition coefficient (Wildman–Crippen LogP) is 1.57. The molecule has 2 N–H and O–H groups in total. The second kappa shape index (κ2) is 6.67. The van der Waals surface area contributed by atoms with Crippen LogP contribution in [0.3, 0.4) is 0 Å². The Morgan fingerprint density at radius 1 is 1.30 bits per heavy atom. The van der Waals surface area contributed by atoms with Crippen molar-refractivity contribution in [3.05, 3.63) is 17.2 Å². The first-order valence-corrected chi connectivity index (χ1v) is 7.46. The van der Waals surface area contributed by atoms with E-state index in [2.05, 4.69) is 4.72 Å². The van der Waals surface area contributed by atoms with Crippen LogP contribution in [0.15, 0.2) is 12.1 Å². The minimum Gasteiger partial charge on any atom is -0.495 e. The van der Waals surface area contributed by atoms with Gasteiger partial charge in [0, 0.05) is 12.1 Å². The molecule has 0 spiro atoms. The molecule has 0 aliphatic carbocycles. The third-order valence-corrected chi connectivity index (χ3v) is 3.89. The van der Waals surface area contributed by atoms with Gasteiger partial charge in [-0.15, -0.1) is 0 Å². The maximum atomic E-state index is 11.8. The smallest absolute Gasteiger partial charge is 0.304 e. The van der Waals surface area contributed by atoms with E-state index in [1.54, 1.807) is 0 Å². The van der Waals surface area contributed by atoms with Gasteiger partial charge in [0.15, 0.2) is 0 Å². The Balaban J connectivity index is 3.04. The van der Waals surface area contributed by atoms with Gasteiger partial charge in [-0.3, -0.25) is 9.52 Å². The number of methoxy groups -OCH3 is 2. The number of hydrogen-bond donors (Lipinski definition) is 2. The fourth-order valence-corrected chi connectivity index (χ4v) is 2.65. The number of carboxylic acid groups (broad SMARTS) is 1. The summed E-state index contributed by atoms with van der Waals surface area (Å²) < 4.78 is 35.7. The van der Waals surface area contributed by atoms with Gasteiger partial charge in [-0.1, -0.05) is 11.6 Å². The summed E-state index contributed by atoms with van der Waals surface area (Å²) in [6.45, 7) is 0. The average Bonchev–Trinajstić information content (AvgIpc) is 2.38. The molecule has 0 amide bonds. The third kappa shape index (κ3) is 4.46. The van der Waals surface area contributed by atoms with Crippen molar-refractivity contribution in [2.75, 3.05) is 24.7 Å². The molecule has 0 fully saturated rings. The van der Waals surface area contributed by atoms with Gasteiger partial charge in [-0.2, -0.15) is 0 Å². The summed E-state index contributed by atoms with van der Waals surface area (Å²) in [5, 5.41) is 8.77. The molecule has 7 nitrogen and oxygen atoms in total. The Kier molecular flexibility index (Phi) is 5.46. The van der Waals surface area contributed by atoms with Crippen LogP contribution in [0.25, 0.3) is 0 Å². The number of ether oxygens (including phenoxy) is 2. The molecule has 0 heterocycles. The van der Waals surface area contributed by atoms with E-state index in [1.807, 2.05) is 0 Å².